The molecule has 1 N–H and O–H groups in total. The van der Waals surface area contributed by atoms with E-state index >= 15 is 0 Å². The second kappa shape index (κ2) is 7.24. The van der Waals surface area contributed by atoms with Crippen LogP contribution in [0, 0.1) is 0 Å². The lowest BCUT2D eigenvalue weighted by Gasteiger charge is -2.04. The number of carbonyl (C=O) groups excluding carboxylic acids is 1. The van der Waals surface area contributed by atoms with Gasteiger partial charge in [-0.3, -0.25) is 0 Å². The second-order valence-electron chi connectivity index (χ2n) is 2.86. The molecule has 0 unspecified atom stereocenters. The number of aliphatic hydroxyl groups is 1. The van der Waals surface area contributed by atoms with Crippen LogP contribution < -0.4 is 0 Å². The first-order valence-electron chi connectivity index (χ1n) is 4.74. The maximum atomic E-state index is 11.1. The molecule has 0 aliphatic heterocycles. The zero-order valence-corrected chi connectivity index (χ0v) is 8.56. The van der Waals surface area contributed by atoms with Crippen LogP contribution in [0.3, 0.4) is 0 Å². The van der Waals surface area contributed by atoms with Gasteiger partial charge in [-0.2, -0.15) is 4.79 Å². The third-order valence-electron chi connectivity index (χ3n) is 1.74. The minimum atomic E-state index is -1.04. The number of esters is 1. The molecule has 0 fully saturated rings. The highest BCUT2D eigenvalue weighted by atomic mass is 16.5. The van der Waals surface area contributed by atoms with Crippen molar-refractivity contribution in [3.63, 3.8) is 0 Å². The number of hydrogen-bond acceptors (Lipinski definition) is 3. The number of rotatable bonds is 6. The number of aliphatic hydroxyl groups excluding tert-OH is 1. The van der Waals surface area contributed by atoms with Crippen LogP contribution in [0.4, 0.5) is 0 Å². The topological polar surface area (TPSA) is 82.9 Å². The number of unbranched alkanes of at least 4 members (excludes halogenated alkanes) is 1. The summed E-state index contributed by atoms with van der Waals surface area (Å²) in [6.07, 6.45) is 1.02. The van der Waals surface area contributed by atoms with E-state index in [0.717, 1.165) is 12.8 Å². The molecule has 0 heterocycles. The van der Waals surface area contributed by atoms with E-state index in [2.05, 4.69) is 9.53 Å². The summed E-state index contributed by atoms with van der Waals surface area (Å²) in [6.45, 7) is 3.80. The summed E-state index contributed by atoms with van der Waals surface area (Å²) in [6, 6.07) is 0. The van der Waals surface area contributed by atoms with Gasteiger partial charge >= 0.3 is 11.7 Å². The molecule has 0 radical (unpaired) electrons. The van der Waals surface area contributed by atoms with E-state index in [0.29, 0.717) is 6.42 Å². The molecule has 0 aliphatic carbocycles. The summed E-state index contributed by atoms with van der Waals surface area (Å²) in [4.78, 5) is 13.9. The van der Waals surface area contributed by atoms with Crippen LogP contribution >= 0.6 is 0 Å². The average Bonchev–Trinajstić information content (AvgIpc) is 2.16. The Labute approximate surface area is 83.3 Å². The van der Waals surface area contributed by atoms with Gasteiger partial charge in [0.25, 0.3) is 0 Å². The number of nitrogens with zero attached hydrogens (tertiary/aromatic N) is 2. The van der Waals surface area contributed by atoms with Crippen molar-refractivity contribution in [1.29, 1.82) is 0 Å². The summed E-state index contributed by atoms with van der Waals surface area (Å²) < 4.78 is 4.61. The van der Waals surface area contributed by atoms with E-state index in [1.165, 1.54) is 0 Å². The Morgan fingerprint density at radius 1 is 1.57 bits per heavy atom. The van der Waals surface area contributed by atoms with Gasteiger partial charge in [0.05, 0.1) is 6.61 Å². The van der Waals surface area contributed by atoms with E-state index in [9.17, 15) is 9.90 Å². The Kier molecular flexibility index (Phi) is 6.62. The summed E-state index contributed by atoms with van der Waals surface area (Å²) in [5.41, 5.74) is 8.20. The van der Waals surface area contributed by atoms with Crippen molar-refractivity contribution in [3.8, 4) is 0 Å². The minimum Gasteiger partial charge on any atom is -0.457 e. The summed E-state index contributed by atoms with van der Waals surface area (Å²) in [7, 11) is 0. The Balaban J connectivity index is 4.27. The lowest BCUT2D eigenvalue weighted by atomic mass is 10.1. The number of ether oxygens (including phenoxy) is 1. The summed E-state index contributed by atoms with van der Waals surface area (Å²) >= 11 is 0. The molecular weight excluding hydrogens is 184 g/mol. The van der Waals surface area contributed by atoms with Crippen molar-refractivity contribution >= 4 is 11.7 Å². The molecular formula is C9H16N2O3. The lowest BCUT2D eigenvalue weighted by Crippen LogP contribution is -2.31. The third kappa shape index (κ3) is 4.16. The van der Waals surface area contributed by atoms with Crippen molar-refractivity contribution in [3.05, 3.63) is 5.53 Å². The molecule has 5 nitrogen and oxygen atoms in total. The molecule has 0 bridgehead atoms. The molecule has 0 saturated heterocycles. The van der Waals surface area contributed by atoms with Crippen LogP contribution in [0.1, 0.15) is 33.1 Å². The zero-order valence-electron chi connectivity index (χ0n) is 8.56. The first-order chi connectivity index (χ1) is 6.67. The maximum absolute atomic E-state index is 11.1. The van der Waals surface area contributed by atoms with Gasteiger partial charge in [-0.15, -0.1) is 0 Å². The smallest absolute Gasteiger partial charge is 0.419 e. The van der Waals surface area contributed by atoms with Gasteiger partial charge in [-0.1, -0.05) is 19.8 Å². The monoisotopic (exact) mass is 200 g/mol. The van der Waals surface area contributed by atoms with Gasteiger partial charge in [0.1, 0.15) is 0 Å². The van der Waals surface area contributed by atoms with Gasteiger partial charge in [-0.05, 0) is 13.3 Å². The van der Waals surface area contributed by atoms with Crippen molar-refractivity contribution in [2.24, 2.45) is 0 Å². The van der Waals surface area contributed by atoms with Crippen molar-refractivity contribution in [2.45, 2.75) is 39.2 Å². The molecule has 0 aromatic rings. The second-order valence-corrected chi connectivity index (χ2v) is 2.86. The van der Waals surface area contributed by atoms with Crippen molar-refractivity contribution < 1.29 is 19.4 Å². The molecule has 1 atom stereocenters. The van der Waals surface area contributed by atoms with Crippen LogP contribution in [0.2, 0.25) is 0 Å². The third-order valence-corrected chi connectivity index (χ3v) is 1.74. The van der Waals surface area contributed by atoms with Gasteiger partial charge in [0.2, 0.25) is 0 Å². The Hall–Kier alpha value is -1.19. The van der Waals surface area contributed by atoms with E-state index in [4.69, 9.17) is 5.53 Å². The first-order valence-corrected chi connectivity index (χ1v) is 4.74. The van der Waals surface area contributed by atoms with E-state index in [-0.39, 0.29) is 12.3 Å². The molecule has 0 aromatic carbocycles. The van der Waals surface area contributed by atoms with Crippen LogP contribution in [-0.2, 0) is 9.53 Å². The van der Waals surface area contributed by atoms with E-state index in [1.54, 1.807) is 6.92 Å². The fourth-order valence-corrected chi connectivity index (χ4v) is 0.983. The van der Waals surface area contributed by atoms with Gasteiger partial charge in [0, 0.05) is 0 Å². The maximum Gasteiger partial charge on any atom is 0.419 e. The van der Waals surface area contributed by atoms with E-state index < -0.39 is 12.1 Å². The zero-order chi connectivity index (χ0) is 11.0. The first kappa shape index (κ1) is 12.8. The normalized spacial score (nSPS) is 11.6. The molecule has 0 saturated carbocycles. The number of hydrogen-bond donors (Lipinski definition) is 1. The Morgan fingerprint density at radius 3 is 2.64 bits per heavy atom. The van der Waals surface area contributed by atoms with Crippen molar-refractivity contribution in [2.75, 3.05) is 6.61 Å². The Bertz CT molecular complexity index is 234. The predicted octanol–water partition coefficient (Wildman–Crippen LogP) is 0.771. The minimum absolute atomic E-state index is 0.193. The molecule has 0 aromatic heterocycles. The van der Waals surface area contributed by atoms with Crippen LogP contribution in [0.5, 0.6) is 0 Å². The van der Waals surface area contributed by atoms with Gasteiger partial charge in [0.15, 0.2) is 6.10 Å². The molecule has 0 rings (SSSR count). The average molecular weight is 200 g/mol. The highest BCUT2D eigenvalue weighted by Gasteiger charge is 2.30. The molecule has 0 amide bonds. The summed E-state index contributed by atoms with van der Waals surface area (Å²) in [5, 5.41) is 9.45. The highest BCUT2D eigenvalue weighted by molar-refractivity contribution is 6.35. The molecule has 5 heteroatoms. The standard InChI is InChI=1S/C9H16N2O3/c1-3-5-6-7(12)8(11-10)9(13)14-4-2/h7,12H,3-6H2,1-2H3/t7-/m1/s1. The van der Waals surface area contributed by atoms with Crippen LogP contribution in [-0.4, -0.2) is 34.3 Å². The largest absolute Gasteiger partial charge is 0.457 e. The fourth-order valence-electron chi connectivity index (χ4n) is 0.983. The molecule has 0 aliphatic rings. The van der Waals surface area contributed by atoms with Gasteiger partial charge in [-0.25, -0.2) is 4.79 Å². The highest BCUT2D eigenvalue weighted by Crippen LogP contribution is 2.02. The van der Waals surface area contributed by atoms with E-state index in [1.807, 2.05) is 6.92 Å². The Morgan fingerprint density at radius 2 is 2.21 bits per heavy atom. The lowest BCUT2D eigenvalue weighted by molar-refractivity contribution is -0.141. The fraction of sp³-hybridized carbons (Fsp3) is 0.778. The predicted molar refractivity (Wildman–Crippen MR) is 50.8 cm³/mol. The van der Waals surface area contributed by atoms with Crippen molar-refractivity contribution in [1.82, 2.24) is 0 Å². The number of carbonyl (C=O) groups is 1. The molecule has 0 spiro atoms. The van der Waals surface area contributed by atoms with Crippen LogP contribution in [0.15, 0.2) is 0 Å². The van der Waals surface area contributed by atoms with Crippen LogP contribution in [0.25, 0.3) is 5.53 Å². The summed E-state index contributed by atoms with van der Waals surface area (Å²) in [5.74, 6) is -0.765. The van der Waals surface area contributed by atoms with Gasteiger partial charge < -0.3 is 15.4 Å². The quantitative estimate of drug-likeness (QED) is 0.297. The molecule has 80 valence electrons. The SMILES string of the molecule is CCCC[C@@H](O)C(=[N+]=[N-])C(=O)OCC. The molecule has 14 heavy (non-hydrogen) atoms.